The number of hydrogen-bond acceptors (Lipinski definition) is 3. The molecule has 0 heterocycles. The summed E-state index contributed by atoms with van der Waals surface area (Å²) in [6, 6.07) is 2.34. The molecule has 2 saturated carbocycles. The second-order valence-corrected chi connectivity index (χ2v) is 11.1. The molecular formula is C25H40O3Si. The predicted molar refractivity (Wildman–Crippen MR) is 124 cm³/mol. The maximum Gasteiger partial charge on any atom is 0.204 e. The van der Waals surface area contributed by atoms with Crippen molar-refractivity contribution in [3.8, 4) is 5.75 Å². The molecule has 4 heteroatoms. The number of benzene rings is 1. The molecule has 1 aromatic carbocycles. The van der Waals surface area contributed by atoms with Gasteiger partial charge in [0.25, 0.3) is 0 Å². The van der Waals surface area contributed by atoms with E-state index in [1.807, 2.05) is 6.08 Å². The van der Waals surface area contributed by atoms with Gasteiger partial charge in [-0.15, -0.1) is 0 Å². The van der Waals surface area contributed by atoms with E-state index in [0.29, 0.717) is 22.3 Å². The molecule has 0 radical (unpaired) electrons. The number of aliphatic hydroxyl groups is 2. The van der Waals surface area contributed by atoms with E-state index >= 15 is 0 Å². The number of rotatable bonds is 4. The van der Waals surface area contributed by atoms with Crippen LogP contribution in [0.3, 0.4) is 0 Å². The van der Waals surface area contributed by atoms with Crippen LogP contribution < -0.4 is 4.43 Å². The molecule has 3 rings (SSSR count). The quantitative estimate of drug-likeness (QED) is 0.571. The lowest BCUT2D eigenvalue weighted by Gasteiger charge is -2.49. The summed E-state index contributed by atoms with van der Waals surface area (Å²) in [7, 11) is 0.670. The van der Waals surface area contributed by atoms with Crippen molar-refractivity contribution in [3.05, 3.63) is 40.5 Å². The van der Waals surface area contributed by atoms with Crippen LogP contribution in [0.5, 0.6) is 5.75 Å². The van der Waals surface area contributed by atoms with Crippen LogP contribution >= 0.6 is 0 Å². The van der Waals surface area contributed by atoms with Crippen molar-refractivity contribution in [1.82, 2.24) is 0 Å². The highest BCUT2D eigenvalue weighted by Crippen LogP contribution is 2.61. The molecule has 0 aromatic heterocycles. The Hall–Kier alpha value is -1.10. The van der Waals surface area contributed by atoms with Crippen LogP contribution in [0.2, 0.25) is 0 Å². The molecule has 0 aliphatic heterocycles. The standard InChI is InChI=1S/C25H40O3Si/c1-16-14-20(22(28-29)17(2)21(16)23(3,4)5)18-9-11-24(6)19(8-7-13-26)10-12-25(24,27)15-18/h7-8,14,18-19,26-27H,9-13,15H2,1-6,29H3/b8-7+/t18-,19-,24+,25-/m0/s1. The van der Waals surface area contributed by atoms with Gasteiger partial charge in [-0.25, -0.2) is 0 Å². The fourth-order valence-electron chi connectivity index (χ4n) is 6.60. The average Bonchev–Trinajstić information content (AvgIpc) is 2.88. The van der Waals surface area contributed by atoms with Gasteiger partial charge in [0.2, 0.25) is 10.5 Å². The minimum atomic E-state index is -0.646. The Labute approximate surface area is 180 Å². The molecule has 0 bridgehead atoms. The lowest BCUT2D eigenvalue weighted by atomic mass is 9.59. The first-order valence-corrected chi connectivity index (χ1v) is 12.0. The SMILES string of the molecule is Cc1cc([C@H]2CC[C@]3(C)[C@@H](/C=C/CO)CC[C@]3(O)C2)c(O[SiH3])c(C)c1C(C)(C)C. The molecule has 162 valence electrons. The first-order valence-electron chi connectivity index (χ1n) is 11.2. The van der Waals surface area contributed by atoms with Gasteiger partial charge in [0.15, 0.2) is 0 Å². The molecule has 3 nitrogen and oxygen atoms in total. The number of aryl methyl sites for hydroxylation is 1. The van der Waals surface area contributed by atoms with E-state index in [0.717, 1.165) is 37.9 Å². The van der Waals surface area contributed by atoms with Crippen LogP contribution in [-0.2, 0) is 5.41 Å². The van der Waals surface area contributed by atoms with E-state index in [4.69, 9.17) is 4.43 Å². The smallest absolute Gasteiger partial charge is 0.204 e. The van der Waals surface area contributed by atoms with Crippen LogP contribution in [0.25, 0.3) is 0 Å². The highest BCUT2D eigenvalue weighted by atomic mass is 28.2. The molecule has 0 saturated heterocycles. The summed E-state index contributed by atoms with van der Waals surface area (Å²) in [6.07, 6.45) is 8.72. The zero-order chi connectivity index (χ0) is 21.6. The van der Waals surface area contributed by atoms with Gasteiger partial charge in [0.1, 0.15) is 5.75 Å². The van der Waals surface area contributed by atoms with Gasteiger partial charge in [0.05, 0.1) is 12.2 Å². The number of allylic oxidation sites excluding steroid dienone is 1. The molecule has 0 unspecified atom stereocenters. The van der Waals surface area contributed by atoms with Crippen LogP contribution in [-0.4, -0.2) is 32.9 Å². The molecule has 2 aliphatic rings. The van der Waals surface area contributed by atoms with Crippen molar-refractivity contribution < 1.29 is 14.6 Å². The summed E-state index contributed by atoms with van der Waals surface area (Å²) in [5.74, 6) is 1.75. The van der Waals surface area contributed by atoms with Gasteiger partial charge in [-0.05, 0) is 85.5 Å². The van der Waals surface area contributed by atoms with Gasteiger partial charge in [0, 0.05) is 5.41 Å². The zero-order valence-corrected chi connectivity index (χ0v) is 21.4. The van der Waals surface area contributed by atoms with E-state index < -0.39 is 5.60 Å². The third-order valence-electron chi connectivity index (χ3n) is 7.96. The average molecular weight is 417 g/mol. The number of hydrogen-bond donors (Lipinski definition) is 2. The van der Waals surface area contributed by atoms with Gasteiger partial charge < -0.3 is 14.6 Å². The Morgan fingerprint density at radius 3 is 2.52 bits per heavy atom. The molecule has 4 atom stereocenters. The van der Waals surface area contributed by atoms with Crippen molar-refractivity contribution >= 4 is 10.5 Å². The summed E-state index contributed by atoms with van der Waals surface area (Å²) < 4.78 is 6.08. The zero-order valence-electron chi connectivity index (χ0n) is 19.4. The van der Waals surface area contributed by atoms with Crippen molar-refractivity contribution in [2.45, 2.75) is 90.6 Å². The van der Waals surface area contributed by atoms with Gasteiger partial charge >= 0.3 is 0 Å². The van der Waals surface area contributed by atoms with Gasteiger partial charge in [-0.1, -0.05) is 45.9 Å². The highest BCUT2D eigenvalue weighted by molar-refractivity contribution is 6.00. The summed E-state index contributed by atoms with van der Waals surface area (Å²) in [5.41, 5.74) is 4.64. The third-order valence-corrected chi connectivity index (χ3v) is 8.37. The van der Waals surface area contributed by atoms with E-state index in [2.05, 4.69) is 53.7 Å². The Bertz CT molecular complexity index is 794. The van der Waals surface area contributed by atoms with Crippen LogP contribution in [0, 0.1) is 25.2 Å². The highest BCUT2D eigenvalue weighted by Gasteiger charge is 2.58. The Morgan fingerprint density at radius 1 is 1.24 bits per heavy atom. The number of aliphatic hydroxyl groups excluding tert-OH is 1. The maximum absolute atomic E-state index is 11.7. The first-order chi connectivity index (χ1) is 13.5. The molecule has 0 amide bonds. The van der Waals surface area contributed by atoms with Gasteiger partial charge in [-0.2, -0.15) is 0 Å². The molecule has 29 heavy (non-hydrogen) atoms. The summed E-state index contributed by atoms with van der Waals surface area (Å²) in [4.78, 5) is 0. The predicted octanol–water partition coefficient (Wildman–Crippen LogP) is 4.22. The van der Waals surface area contributed by atoms with E-state index in [1.54, 1.807) is 0 Å². The summed E-state index contributed by atoms with van der Waals surface area (Å²) >= 11 is 0. The van der Waals surface area contributed by atoms with Crippen LogP contribution in [0.1, 0.15) is 88.0 Å². The van der Waals surface area contributed by atoms with Crippen molar-refractivity contribution in [3.63, 3.8) is 0 Å². The monoisotopic (exact) mass is 416 g/mol. The van der Waals surface area contributed by atoms with Crippen LogP contribution in [0.15, 0.2) is 18.2 Å². The topological polar surface area (TPSA) is 49.7 Å². The molecule has 2 aliphatic carbocycles. The molecule has 0 spiro atoms. The lowest BCUT2D eigenvalue weighted by molar-refractivity contribution is -0.0985. The number of fused-ring (bicyclic) bond motifs is 1. The summed E-state index contributed by atoms with van der Waals surface area (Å²) in [5, 5.41) is 20.9. The fraction of sp³-hybridized carbons (Fsp3) is 0.680. The Balaban J connectivity index is 1.98. The Morgan fingerprint density at radius 2 is 1.93 bits per heavy atom. The fourth-order valence-corrected chi connectivity index (χ4v) is 7.15. The second-order valence-electron chi connectivity index (χ2n) is 10.7. The second kappa shape index (κ2) is 7.86. The van der Waals surface area contributed by atoms with Gasteiger partial charge in [-0.3, -0.25) is 0 Å². The maximum atomic E-state index is 11.7. The molecule has 1 aromatic rings. The molecular weight excluding hydrogens is 376 g/mol. The minimum Gasteiger partial charge on any atom is -0.553 e. The largest absolute Gasteiger partial charge is 0.553 e. The van der Waals surface area contributed by atoms with E-state index in [-0.39, 0.29) is 17.4 Å². The van der Waals surface area contributed by atoms with Crippen molar-refractivity contribution in [2.24, 2.45) is 11.3 Å². The molecule has 2 fully saturated rings. The minimum absolute atomic E-state index is 0.0768. The normalized spacial score (nSPS) is 32.7. The van der Waals surface area contributed by atoms with Crippen molar-refractivity contribution in [2.75, 3.05) is 6.61 Å². The van der Waals surface area contributed by atoms with E-state index in [9.17, 15) is 10.2 Å². The lowest BCUT2D eigenvalue weighted by Crippen LogP contribution is -2.49. The molecule has 2 N–H and O–H groups in total. The Kier molecular flexibility index (Phi) is 6.12. The first kappa shape index (κ1) is 22.6. The third kappa shape index (κ3) is 3.73. The van der Waals surface area contributed by atoms with E-state index in [1.165, 1.54) is 22.3 Å². The summed E-state index contributed by atoms with van der Waals surface area (Å²) in [6.45, 7) is 13.6. The van der Waals surface area contributed by atoms with Crippen LogP contribution in [0.4, 0.5) is 0 Å². The van der Waals surface area contributed by atoms with Crippen molar-refractivity contribution in [1.29, 1.82) is 0 Å².